The van der Waals surface area contributed by atoms with E-state index in [0.717, 1.165) is 0 Å². The van der Waals surface area contributed by atoms with Crippen molar-refractivity contribution in [2.24, 2.45) is 0 Å². The van der Waals surface area contributed by atoms with Crippen molar-refractivity contribution >= 4 is 11.9 Å². The first-order chi connectivity index (χ1) is 11.7. The van der Waals surface area contributed by atoms with Gasteiger partial charge in [-0.2, -0.15) is 0 Å². The van der Waals surface area contributed by atoms with Gasteiger partial charge in [0.1, 0.15) is 6.10 Å². The lowest BCUT2D eigenvalue weighted by Crippen LogP contribution is -2.14. The molecule has 0 saturated heterocycles. The molecule has 0 saturated carbocycles. The zero-order valence-corrected chi connectivity index (χ0v) is 13.4. The molecule has 4 nitrogen and oxygen atoms in total. The highest BCUT2D eigenvalue weighted by atomic mass is 16.5. The minimum absolute atomic E-state index is 0.00702. The molecule has 0 bridgehead atoms. The molecule has 1 unspecified atom stereocenters. The van der Waals surface area contributed by atoms with Crippen molar-refractivity contribution in [1.29, 1.82) is 0 Å². The fraction of sp³-hybridized carbons (Fsp3) is 0.200. The highest BCUT2D eigenvalue weighted by Crippen LogP contribution is 2.05. The molecule has 24 heavy (non-hydrogen) atoms. The first-order valence-electron chi connectivity index (χ1n) is 7.60. The quantitative estimate of drug-likeness (QED) is 0.625. The van der Waals surface area contributed by atoms with Crippen LogP contribution in [0.25, 0.3) is 0 Å². The van der Waals surface area contributed by atoms with Crippen LogP contribution in [0.5, 0.6) is 0 Å². The average molecular weight is 322 g/mol. The summed E-state index contributed by atoms with van der Waals surface area (Å²) in [4.78, 5) is 23.5. The van der Waals surface area contributed by atoms with Gasteiger partial charge < -0.3 is 9.47 Å². The Hall–Kier alpha value is -3.06. The van der Waals surface area contributed by atoms with E-state index in [1.165, 1.54) is 0 Å². The van der Waals surface area contributed by atoms with Crippen molar-refractivity contribution < 1.29 is 19.1 Å². The van der Waals surface area contributed by atoms with Crippen molar-refractivity contribution in [1.82, 2.24) is 0 Å². The number of esters is 2. The summed E-state index contributed by atoms with van der Waals surface area (Å²) in [6.07, 6.45) is 0.0385. The van der Waals surface area contributed by atoms with E-state index in [1.807, 2.05) is 12.1 Å². The SMILES string of the molecule is CC(CC#CCOC(=O)c1ccccc1)OC(=O)c1ccccc1. The highest BCUT2D eigenvalue weighted by molar-refractivity contribution is 5.89. The van der Waals surface area contributed by atoms with Gasteiger partial charge in [0.15, 0.2) is 6.61 Å². The van der Waals surface area contributed by atoms with Crippen LogP contribution < -0.4 is 0 Å². The Morgan fingerprint density at radius 3 is 2.00 bits per heavy atom. The Morgan fingerprint density at radius 2 is 1.42 bits per heavy atom. The largest absolute Gasteiger partial charge is 0.458 e. The Morgan fingerprint density at radius 1 is 0.875 bits per heavy atom. The fourth-order valence-corrected chi connectivity index (χ4v) is 1.89. The predicted molar refractivity (Wildman–Crippen MR) is 90.4 cm³/mol. The molecule has 0 aliphatic carbocycles. The van der Waals surface area contributed by atoms with E-state index in [1.54, 1.807) is 55.5 Å². The van der Waals surface area contributed by atoms with Crippen LogP contribution >= 0.6 is 0 Å². The lowest BCUT2D eigenvalue weighted by atomic mass is 10.2. The molecule has 4 heteroatoms. The van der Waals surface area contributed by atoms with Gasteiger partial charge in [-0.1, -0.05) is 48.2 Å². The smallest absolute Gasteiger partial charge is 0.339 e. The lowest BCUT2D eigenvalue weighted by molar-refractivity contribution is 0.0352. The van der Waals surface area contributed by atoms with Crippen LogP contribution in [0.2, 0.25) is 0 Å². The van der Waals surface area contributed by atoms with E-state index < -0.39 is 5.97 Å². The van der Waals surface area contributed by atoms with Gasteiger partial charge in [0.2, 0.25) is 0 Å². The maximum Gasteiger partial charge on any atom is 0.339 e. The van der Waals surface area contributed by atoms with Gasteiger partial charge in [0, 0.05) is 6.42 Å². The summed E-state index contributed by atoms with van der Waals surface area (Å²) in [6.45, 7) is 1.78. The van der Waals surface area contributed by atoms with E-state index in [2.05, 4.69) is 11.8 Å². The van der Waals surface area contributed by atoms with Gasteiger partial charge in [-0.3, -0.25) is 0 Å². The molecule has 1 atom stereocenters. The molecule has 0 spiro atoms. The zero-order chi connectivity index (χ0) is 17.2. The number of ether oxygens (including phenoxy) is 2. The van der Waals surface area contributed by atoms with Crippen molar-refractivity contribution in [3.05, 3.63) is 71.8 Å². The summed E-state index contributed by atoms with van der Waals surface area (Å²) in [5, 5.41) is 0. The molecular formula is C20H18O4. The van der Waals surface area contributed by atoms with Gasteiger partial charge in [-0.25, -0.2) is 9.59 Å². The highest BCUT2D eigenvalue weighted by Gasteiger charge is 2.10. The summed E-state index contributed by atoms with van der Waals surface area (Å²) in [5.41, 5.74) is 0.999. The second kappa shape index (κ2) is 9.16. The van der Waals surface area contributed by atoms with Crippen molar-refractivity contribution in [2.45, 2.75) is 19.4 Å². The molecule has 0 amide bonds. The van der Waals surface area contributed by atoms with Crippen LogP contribution in [0, 0.1) is 11.8 Å². The second-order valence-corrected chi connectivity index (χ2v) is 5.08. The van der Waals surface area contributed by atoms with E-state index >= 15 is 0 Å². The molecule has 122 valence electrons. The van der Waals surface area contributed by atoms with Gasteiger partial charge in [-0.05, 0) is 31.2 Å². The molecular weight excluding hydrogens is 304 g/mol. The van der Waals surface area contributed by atoms with Crippen molar-refractivity contribution in [3.63, 3.8) is 0 Å². The van der Waals surface area contributed by atoms with Crippen molar-refractivity contribution in [2.75, 3.05) is 6.61 Å². The van der Waals surface area contributed by atoms with Gasteiger partial charge in [0.25, 0.3) is 0 Å². The van der Waals surface area contributed by atoms with Gasteiger partial charge in [-0.15, -0.1) is 0 Å². The third kappa shape index (κ3) is 5.62. The number of hydrogen-bond donors (Lipinski definition) is 0. The number of hydrogen-bond acceptors (Lipinski definition) is 4. The molecule has 0 radical (unpaired) electrons. The number of benzene rings is 2. The maximum absolute atomic E-state index is 11.9. The van der Waals surface area contributed by atoms with Crippen LogP contribution in [-0.4, -0.2) is 24.6 Å². The Balaban J connectivity index is 1.71. The Kier molecular flexibility index (Phi) is 6.60. The monoisotopic (exact) mass is 322 g/mol. The summed E-state index contributed by atoms with van der Waals surface area (Å²) < 4.78 is 10.3. The number of carbonyl (C=O) groups is 2. The van der Waals surface area contributed by atoms with E-state index in [9.17, 15) is 9.59 Å². The normalized spacial score (nSPS) is 10.9. The number of rotatable bonds is 5. The molecule has 0 N–H and O–H groups in total. The van der Waals surface area contributed by atoms with Gasteiger partial charge in [0.05, 0.1) is 11.1 Å². The molecule has 0 aromatic heterocycles. The standard InChI is InChI=1S/C20H18O4/c1-16(24-20(22)18-13-6-3-7-14-18)10-8-9-15-23-19(21)17-11-4-2-5-12-17/h2-7,11-14,16H,10,15H2,1H3. The van der Waals surface area contributed by atoms with Crippen LogP contribution in [0.3, 0.4) is 0 Å². The molecule has 0 fully saturated rings. The van der Waals surface area contributed by atoms with Crippen LogP contribution in [0.15, 0.2) is 60.7 Å². The minimum atomic E-state index is -0.409. The molecule has 2 aromatic carbocycles. The lowest BCUT2D eigenvalue weighted by Gasteiger charge is -2.10. The summed E-state index contributed by atoms with van der Waals surface area (Å²) >= 11 is 0. The zero-order valence-electron chi connectivity index (χ0n) is 13.4. The third-order valence-electron chi connectivity index (χ3n) is 3.12. The molecule has 0 heterocycles. The third-order valence-corrected chi connectivity index (χ3v) is 3.12. The Bertz CT molecular complexity index is 726. The summed E-state index contributed by atoms with van der Waals surface area (Å²) in [6, 6.07) is 17.5. The average Bonchev–Trinajstić information content (AvgIpc) is 2.62. The molecule has 2 rings (SSSR count). The topological polar surface area (TPSA) is 52.6 Å². The minimum Gasteiger partial charge on any atom is -0.458 e. The van der Waals surface area contributed by atoms with Crippen LogP contribution in [0.4, 0.5) is 0 Å². The van der Waals surface area contributed by atoms with Crippen molar-refractivity contribution in [3.8, 4) is 11.8 Å². The van der Waals surface area contributed by atoms with E-state index in [0.29, 0.717) is 17.5 Å². The van der Waals surface area contributed by atoms with E-state index in [-0.39, 0.29) is 18.7 Å². The van der Waals surface area contributed by atoms with Crippen LogP contribution in [0.1, 0.15) is 34.1 Å². The van der Waals surface area contributed by atoms with E-state index in [4.69, 9.17) is 9.47 Å². The first-order valence-corrected chi connectivity index (χ1v) is 7.60. The molecule has 0 aliphatic heterocycles. The summed E-state index contributed by atoms with van der Waals surface area (Å²) in [7, 11) is 0. The molecule has 2 aromatic rings. The summed E-state index contributed by atoms with van der Waals surface area (Å²) in [5.74, 6) is 4.81. The number of carbonyl (C=O) groups excluding carboxylic acids is 2. The molecule has 0 aliphatic rings. The predicted octanol–water partition coefficient (Wildman–Crippen LogP) is 3.48. The van der Waals surface area contributed by atoms with Gasteiger partial charge >= 0.3 is 11.9 Å². The fourth-order valence-electron chi connectivity index (χ4n) is 1.89. The second-order valence-electron chi connectivity index (χ2n) is 5.08. The maximum atomic E-state index is 11.9. The van der Waals surface area contributed by atoms with Crippen LogP contribution in [-0.2, 0) is 9.47 Å². The first kappa shape index (κ1) is 17.3. The Labute approximate surface area is 141 Å².